The van der Waals surface area contributed by atoms with Gasteiger partial charge in [0, 0.05) is 24.2 Å². The lowest BCUT2D eigenvalue weighted by atomic mass is 9.44. The minimum Gasteiger partial charge on any atom is -0.456 e. The van der Waals surface area contributed by atoms with Gasteiger partial charge in [0.15, 0.2) is 11.9 Å². The molecule has 5 rings (SSSR count). The van der Waals surface area contributed by atoms with E-state index < -0.39 is 101 Å². The molecule has 4 aliphatic rings. The van der Waals surface area contributed by atoms with Crippen molar-refractivity contribution in [3.8, 4) is 0 Å². The van der Waals surface area contributed by atoms with Crippen molar-refractivity contribution >= 4 is 23.8 Å². The number of fused-ring (bicyclic) bond motifs is 5. The molecular formula is C40H55NO13. The van der Waals surface area contributed by atoms with Gasteiger partial charge in [-0.15, -0.1) is 0 Å². The molecule has 3 aliphatic carbocycles. The second kappa shape index (κ2) is 14.4. The molecule has 54 heavy (non-hydrogen) atoms. The number of allylic oxidation sites excluding steroid dienone is 1. The Balaban J connectivity index is 1.60. The largest absolute Gasteiger partial charge is 0.456 e. The summed E-state index contributed by atoms with van der Waals surface area (Å²) < 4.78 is 23.0. The van der Waals surface area contributed by atoms with Crippen LogP contribution in [0.2, 0.25) is 0 Å². The van der Waals surface area contributed by atoms with Gasteiger partial charge in [0.25, 0.3) is 0 Å². The van der Waals surface area contributed by atoms with Crippen molar-refractivity contribution in [2.24, 2.45) is 22.2 Å². The molecule has 1 heterocycles. The maximum Gasteiger partial charge on any atom is 0.407 e. The molecule has 11 atom stereocenters. The zero-order chi connectivity index (χ0) is 40.3. The summed E-state index contributed by atoms with van der Waals surface area (Å²) in [6.07, 6.45) is -9.66. The standard InChI is InChI=1S/C40H55NO13/c1-20(2)15-23(41-35(48)52-18-36(4,5)6)28(43)34(47)53-24-17-40(50)32(54-33(46)22-13-11-10-12-14-22)30-38(9,25(42)16-26-39(30,49)19-51-26)31(45)29(44)27(21(24)3)37(40,7)8/h10-15,23-26,28-30,32,42-44,49-50H,16-19H2,1-9H3,(H,41,48)/t23?,24?,25?,26?,28?,29?,30?,32?,38-,39?,40?/m1/s1. The van der Waals surface area contributed by atoms with Crippen LogP contribution in [-0.4, -0.2) is 116 Å². The van der Waals surface area contributed by atoms with Crippen LogP contribution >= 0.6 is 0 Å². The molecule has 0 aromatic heterocycles. The van der Waals surface area contributed by atoms with E-state index in [1.807, 2.05) is 20.8 Å². The number of nitrogens with one attached hydrogen (secondary N) is 1. The van der Waals surface area contributed by atoms with Crippen LogP contribution in [0.1, 0.15) is 85.5 Å². The van der Waals surface area contributed by atoms with Gasteiger partial charge in [-0.2, -0.15) is 0 Å². The van der Waals surface area contributed by atoms with Gasteiger partial charge in [-0.1, -0.05) is 64.5 Å². The number of alkyl carbamates (subject to hydrolysis) is 1. The Morgan fingerprint density at radius 3 is 2.24 bits per heavy atom. The number of esters is 2. The van der Waals surface area contributed by atoms with Gasteiger partial charge >= 0.3 is 18.0 Å². The maximum absolute atomic E-state index is 14.6. The van der Waals surface area contributed by atoms with Gasteiger partial charge in [0.05, 0.1) is 42.4 Å². The topological polar surface area (TPSA) is 218 Å². The molecule has 0 radical (unpaired) electrons. The zero-order valence-corrected chi connectivity index (χ0v) is 32.4. The highest BCUT2D eigenvalue weighted by molar-refractivity contribution is 5.94. The Bertz CT molecular complexity index is 1710. The molecule has 6 N–H and O–H groups in total. The van der Waals surface area contributed by atoms with Crippen molar-refractivity contribution in [3.63, 3.8) is 0 Å². The molecule has 1 aliphatic heterocycles. The van der Waals surface area contributed by atoms with E-state index in [0.717, 1.165) is 0 Å². The van der Waals surface area contributed by atoms with Crippen LogP contribution in [0.4, 0.5) is 4.79 Å². The van der Waals surface area contributed by atoms with Gasteiger partial charge < -0.3 is 49.8 Å². The Kier molecular flexibility index (Phi) is 11.1. The minimum absolute atomic E-state index is 0.0371. The van der Waals surface area contributed by atoms with Crippen molar-refractivity contribution < 1.29 is 63.7 Å². The first-order valence-electron chi connectivity index (χ1n) is 18.3. The van der Waals surface area contributed by atoms with Crippen LogP contribution in [0.25, 0.3) is 0 Å². The molecule has 1 aromatic carbocycles. The monoisotopic (exact) mass is 757 g/mol. The van der Waals surface area contributed by atoms with Gasteiger partial charge in [-0.25, -0.2) is 14.4 Å². The summed E-state index contributed by atoms with van der Waals surface area (Å²) in [5, 5.41) is 62.8. The molecule has 1 amide bonds. The van der Waals surface area contributed by atoms with Gasteiger partial charge in [0.2, 0.25) is 0 Å². The Morgan fingerprint density at radius 1 is 1.06 bits per heavy atom. The SMILES string of the molecule is CC(C)=CC(NC(=O)OCC(C)(C)C)C(O)C(=O)OC1CC2(O)C(OC(=O)c3ccccc3)C3C4(O)COC4CC(O)[C@@]3(C)C(=O)C(O)C(=C1C)C2(C)C. The van der Waals surface area contributed by atoms with E-state index in [1.165, 1.54) is 32.1 Å². The van der Waals surface area contributed by atoms with E-state index in [4.69, 9.17) is 18.9 Å². The predicted molar refractivity (Wildman–Crippen MR) is 193 cm³/mol. The first kappa shape index (κ1) is 41.5. The Morgan fingerprint density at radius 2 is 1.69 bits per heavy atom. The van der Waals surface area contributed by atoms with Gasteiger partial charge in [0.1, 0.15) is 29.5 Å². The molecule has 2 bridgehead atoms. The van der Waals surface area contributed by atoms with Gasteiger partial charge in [-0.3, -0.25) is 4.79 Å². The van der Waals surface area contributed by atoms with E-state index in [-0.39, 0.29) is 41.8 Å². The molecular weight excluding hydrogens is 702 g/mol. The molecule has 0 spiro atoms. The summed E-state index contributed by atoms with van der Waals surface area (Å²) in [6, 6.07) is 6.60. The van der Waals surface area contributed by atoms with Crippen molar-refractivity contribution in [3.05, 3.63) is 58.7 Å². The average Bonchev–Trinajstić information content (AvgIpc) is 3.08. The summed E-state index contributed by atoms with van der Waals surface area (Å²) in [4.78, 5) is 55.0. The number of rotatable bonds is 8. The second-order valence-electron chi connectivity index (χ2n) is 17.5. The van der Waals surface area contributed by atoms with Crippen LogP contribution in [0.5, 0.6) is 0 Å². The third kappa shape index (κ3) is 7.01. The summed E-state index contributed by atoms with van der Waals surface area (Å²) in [5.41, 5.74) is -7.19. The lowest BCUT2D eigenvalue weighted by Gasteiger charge is -2.66. The number of aliphatic hydroxyl groups is 5. The number of hydrogen-bond donors (Lipinski definition) is 6. The fraction of sp³-hybridized carbons (Fsp3) is 0.650. The fourth-order valence-electron chi connectivity index (χ4n) is 8.76. The molecule has 298 valence electrons. The number of aliphatic hydroxyl groups excluding tert-OH is 3. The summed E-state index contributed by atoms with van der Waals surface area (Å²) in [7, 11) is 0. The zero-order valence-electron chi connectivity index (χ0n) is 32.4. The van der Waals surface area contributed by atoms with Crippen molar-refractivity contribution in [1.29, 1.82) is 0 Å². The van der Waals surface area contributed by atoms with Crippen LogP contribution in [-0.2, 0) is 28.5 Å². The molecule has 1 aromatic rings. The molecule has 1 saturated heterocycles. The second-order valence-corrected chi connectivity index (χ2v) is 17.5. The number of Topliss-reactive ketones (excluding diaryl/α,β-unsaturated/α-hetero) is 1. The van der Waals surface area contributed by atoms with E-state index in [9.17, 15) is 44.7 Å². The third-order valence-corrected chi connectivity index (χ3v) is 11.9. The normalized spacial score (nSPS) is 35.4. The fourth-order valence-corrected chi connectivity index (χ4v) is 8.76. The van der Waals surface area contributed by atoms with Crippen molar-refractivity contribution in [2.75, 3.05) is 13.2 Å². The number of carbonyl (C=O) groups is 4. The number of carbonyl (C=O) groups excluding carboxylic acids is 4. The first-order chi connectivity index (χ1) is 24.9. The number of ether oxygens (including phenoxy) is 4. The third-order valence-electron chi connectivity index (χ3n) is 11.9. The summed E-state index contributed by atoms with van der Waals surface area (Å²) in [6.45, 7) is 14.7. The van der Waals surface area contributed by atoms with E-state index in [2.05, 4.69) is 5.32 Å². The lowest BCUT2D eigenvalue weighted by Crippen LogP contribution is -2.81. The quantitative estimate of drug-likeness (QED) is 0.128. The smallest absolute Gasteiger partial charge is 0.407 e. The average molecular weight is 758 g/mol. The van der Waals surface area contributed by atoms with Gasteiger partial charge in [-0.05, 0) is 56.4 Å². The maximum atomic E-state index is 14.6. The number of ketones is 1. The summed E-state index contributed by atoms with van der Waals surface area (Å²) >= 11 is 0. The molecule has 10 unspecified atom stereocenters. The molecule has 2 saturated carbocycles. The highest BCUT2D eigenvalue weighted by Crippen LogP contribution is 2.63. The highest BCUT2D eigenvalue weighted by Gasteiger charge is 2.76. The van der Waals surface area contributed by atoms with Crippen molar-refractivity contribution in [1.82, 2.24) is 5.32 Å². The van der Waals surface area contributed by atoms with Crippen LogP contribution in [0.15, 0.2) is 53.1 Å². The van der Waals surface area contributed by atoms with E-state index >= 15 is 0 Å². The first-order valence-corrected chi connectivity index (χ1v) is 18.3. The van der Waals surface area contributed by atoms with E-state index in [1.54, 1.807) is 45.9 Å². The number of hydrogen-bond acceptors (Lipinski definition) is 13. The highest BCUT2D eigenvalue weighted by atomic mass is 16.6. The lowest BCUT2D eigenvalue weighted by molar-refractivity contribution is -0.343. The Labute approximate surface area is 315 Å². The van der Waals surface area contributed by atoms with Crippen molar-refractivity contribution in [2.45, 2.75) is 129 Å². The molecule has 14 nitrogen and oxygen atoms in total. The van der Waals surface area contributed by atoms with Crippen LogP contribution in [0.3, 0.4) is 0 Å². The molecule has 14 heteroatoms. The van der Waals surface area contributed by atoms with Crippen LogP contribution in [0, 0.1) is 22.2 Å². The predicted octanol–water partition coefficient (Wildman–Crippen LogP) is 2.53. The number of benzene rings is 1. The Hall–Kier alpha value is -3.66. The number of amides is 1. The van der Waals surface area contributed by atoms with Crippen LogP contribution < -0.4 is 5.32 Å². The molecule has 3 fully saturated rings. The van der Waals surface area contributed by atoms with E-state index in [0.29, 0.717) is 5.57 Å². The summed E-state index contributed by atoms with van der Waals surface area (Å²) in [5.74, 6) is -4.51. The minimum atomic E-state index is -2.29.